The number of hydrogen-bond acceptors (Lipinski definition) is 4. The van der Waals surface area contributed by atoms with E-state index in [-0.39, 0.29) is 0 Å². The lowest BCUT2D eigenvalue weighted by Gasteiger charge is -2.20. The summed E-state index contributed by atoms with van der Waals surface area (Å²) in [6, 6.07) is 13.9. The Bertz CT molecular complexity index is 602. The molecule has 20 heavy (non-hydrogen) atoms. The molecule has 0 bridgehead atoms. The van der Waals surface area contributed by atoms with Gasteiger partial charge in [0.05, 0.1) is 11.3 Å². The molecule has 0 atom stereocenters. The SMILES string of the molecule is CN(CCc1ccccn1)c1ccc(CN)cc1C#N. The molecule has 4 heteroatoms. The van der Waals surface area contributed by atoms with E-state index in [0.717, 1.165) is 29.9 Å². The van der Waals surface area contributed by atoms with Crippen LogP contribution in [0.4, 0.5) is 5.69 Å². The molecule has 2 aromatic rings. The van der Waals surface area contributed by atoms with E-state index in [9.17, 15) is 5.26 Å². The van der Waals surface area contributed by atoms with Gasteiger partial charge in [0.2, 0.25) is 0 Å². The van der Waals surface area contributed by atoms with Crippen LogP contribution in [0.5, 0.6) is 0 Å². The fraction of sp³-hybridized carbons (Fsp3) is 0.250. The van der Waals surface area contributed by atoms with Gasteiger partial charge < -0.3 is 10.6 Å². The van der Waals surface area contributed by atoms with E-state index in [2.05, 4.69) is 16.0 Å². The minimum absolute atomic E-state index is 0.451. The molecule has 4 nitrogen and oxygen atoms in total. The number of anilines is 1. The van der Waals surface area contributed by atoms with Crippen LogP contribution >= 0.6 is 0 Å². The van der Waals surface area contributed by atoms with Crippen LogP contribution in [-0.4, -0.2) is 18.6 Å². The van der Waals surface area contributed by atoms with Gasteiger partial charge in [-0.2, -0.15) is 5.26 Å². The summed E-state index contributed by atoms with van der Waals surface area (Å²) in [6.45, 7) is 1.26. The van der Waals surface area contributed by atoms with Gasteiger partial charge in [-0.15, -0.1) is 0 Å². The van der Waals surface area contributed by atoms with E-state index in [0.29, 0.717) is 12.1 Å². The van der Waals surface area contributed by atoms with Crippen molar-refractivity contribution >= 4 is 5.69 Å². The Balaban J connectivity index is 2.09. The highest BCUT2D eigenvalue weighted by molar-refractivity contribution is 5.60. The second-order valence-electron chi connectivity index (χ2n) is 4.66. The van der Waals surface area contributed by atoms with Gasteiger partial charge in [0, 0.05) is 38.4 Å². The molecule has 0 saturated heterocycles. The normalized spacial score (nSPS) is 10.1. The summed E-state index contributed by atoms with van der Waals surface area (Å²) in [5, 5.41) is 9.24. The second kappa shape index (κ2) is 6.69. The smallest absolute Gasteiger partial charge is 0.101 e. The largest absolute Gasteiger partial charge is 0.373 e. The molecule has 1 aromatic heterocycles. The molecule has 0 aliphatic rings. The number of hydrogen-bond donors (Lipinski definition) is 1. The summed E-state index contributed by atoms with van der Waals surface area (Å²) >= 11 is 0. The monoisotopic (exact) mass is 266 g/mol. The van der Waals surface area contributed by atoms with Gasteiger partial charge >= 0.3 is 0 Å². The van der Waals surface area contributed by atoms with Crippen molar-refractivity contribution in [2.45, 2.75) is 13.0 Å². The van der Waals surface area contributed by atoms with Gasteiger partial charge in [-0.3, -0.25) is 4.98 Å². The molecule has 2 rings (SSSR count). The highest BCUT2D eigenvalue weighted by atomic mass is 15.1. The Hall–Kier alpha value is -2.38. The maximum Gasteiger partial charge on any atom is 0.101 e. The van der Waals surface area contributed by atoms with E-state index < -0.39 is 0 Å². The van der Waals surface area contributed by atoms with E-state index in [4.69, 9.17) is 5.73 Å². The number of nitrogens with zero attached hydrogens (tertiary/aromatic N) is 3. The van der Waals surface area contributed by atoms with Crippen LogP contribution in [0.2, 0.25) is 0 Å². The topological polar surface area (TPSA) is 65.9 Å². The van der Waals surface area contributed by atoms with Crippen LogP contribution in [0.25, 0.3) is 0 Å². The summed E-state index contributed by atoms with van der Waals surface area (Å²) in [5.74, 6) is 0. The van der Waals surface area contributed by atoms with Crippen molar-refractivity contribution in [3.63, 3.8) is 0 Å². The Morgan fingerprint density at radius 3 is 2.80 bits per heavy atom. The van der Waals surface area contributed by atoms with Gasteiger partial charge in [-0.05, 0) is 29.8 Å². The molecule has 2 N–H and O–H groups in total. The fourth-order valence-electron chi connectivity index (χ4n) is 2.08. The first-order valence-corrected chi connectivity index (χ1v) is 6.58. The standard InChI is InChI=1S/C16H18N4/c1-20(9-7-15-4-2-3-8-19-15)16-6-5-13(11-17)10-14(16)12-18/h2-6,8,10H,7,9,11,17H2,1H3. The highest BCUT2D eigenvalue weighted by Gasteiger charge is 2.08. The third-order valence-corrected chi connectivity index (χ3v) is 3.26. The molecule has 102 valence electrons. The van der Waals surface area contributed by atoms with Crippen LogP contribution in [-0.2, 0) is 13.0 Å². The lowest BCUT2D eigenvalue weighted by atomic mass is 10.1. The quantitative estimate of drug-likeness (QED) is 0.900. The van der Waals surface area contributed by atoms with Crippen LogP contribution < -0.4 is 10.6 Å². The third-order valence-electron chi connectivity index (χ3n) is 3.26. The zero-order valence-electron chi connectivity index (χ0n) is 11.6. The Morgan fingerprint density at radius 2 is 2.15 bits per heavy atom. The molecular weight excluding hydrogens is 248 g/mol. The highest BCUT2D eigenvalue weighted by Crippen LogP contribution is 2.20. The summed E-state index contributed by atoms with van der Waals surface area (Å²) in [6.07, 6.45) is 2.65. The number of rotatable bonds is 5. The Morgan fingerprint density at radius 1 is 1.30 bits per heavy atom. The van der Waals surface area contributed by atoms with E-state index in [1.807, 2.05) is 43.4 Å². The Kier molecular flexibility index (Phi) is 4.70. The summed E-state index contributed by atoms with van der Waals surface area (Å²) < 4.78 is 0. The van der Waals surface area contributed by atoms with E-state index in [1.54, 1.807) is 6.20 Å². The first-order valence-electron chi connectivity index (χ1n) is 6.58. The molecule has 0 amide bonds. The number of nitrogens with two attached hydrogens (primary N) is 1. The van der Waals surface area contributed by atoms with Crippen LogP contribution in [0.1, 0.15) is 16.8 Å². The van der Waals surface area contributed by atoms with E-state index >= 15 is 0 Å². The maximum atomic E-state index is 9.24. The second-order valence-corrected chi connectivity index (χ2v) is 4.66. The molecule has 1 heterocycles. The zero-order valence-corrected chi connectivity index (χ0v) is 11.6. The van der Waals surface area contributed by atoms with Gasteiger partial charge in [0.25, 0.3) is 0 Å². The molecule has 0 radical (unpaired) electrons. The number of nitriles is 1. The fourth-order valence-corrected chi connectivity index (χ4v) is 2.08. The van der Waals surface area contributed by atoms with Crippen molar-refractivity contribution in [1.29, 1.82) is 5.26 Å². The van der Waals surface area contributed by atoms with Crippen molar-refractivity contribution in [3.8, 4) is 6.07 Å². The van der Waals surface area contributed by atoms with Gasteiger partial charge in [0.1, 0.15) is 6.07 Å². The van der Waals surface area contributed by atoms with Crippen molar-refractivity contribution in [2.24, 2.45) is 5.73 Å². The average Bonchev–Trinajstić information content (AvgIpc) is 2.52. The van der Waals surface area contributed by atoms with Crippen molar-refractivity contribution < 1.29 is 0 Å². The third kappa shape index (κ3) is 3.34. The van der Waals surface area contributed by atoms with Crippen molar-refractivity contribution in [1.82, 2.24) is 4.98 Å². The zero-order chi connectivity index (χ0) is 14.4. The lowest BCUT2D eigenvalue weighted by molar-refractivity contribution is 0.851. The van der Waals surface area contributed by atoms with Crippen LogP contribution in [0.15, 0.2) is 42.6 Å². The first kappa shape index (κ1) is 14.0. The molecule has 0 saturated carbocycles. The summed E-state index contributed by atoms with van der Waals surface area (Å²) in [7, 11) is 1.99. The van der Waals surface area contributed by atoms with Crippen molar-refractivity contribution in [3.05, 3.63) is 59.4 Å². The van der Waals surface area contributed by atoms with Gasteiger partial charge in [-0.1, -0.05) is 12.1 Å². The number of aromatic nitrogens is 1. The Labute approximate surface area is 119 Å². The lowest BCUT2D eigenvalue weighted by Crippen LogP contribution is -2.21. The molecule has 0 unspecified atom stereocenters. The van der Waals surface area contributed by atoms with Gasteiger partial charge in [0.15, 0.2) is 0 Å². The molecule has 0 fully saturated rings. The number of likely N-dealkylation sites (N-methyl/N-ethyl adjacent to an activating group) is 1. The predicted molar refractivity (Wildman–Crippen MR) is 80.3 cm³/mol. The molecule has 0 spiro atoms. The molecule has 1 aromatic carbocycles. The summed E-state index contributed by atoms with van der Waals surface area (Å²) in [5.41, 5.74) is 9.23. The molecule has 0 aliphatic carbocycles. The average molecular weight is 266 g/mol. The molecule has 0 aliphatic heterocycles. The molecular formula is C16H18N4. The van der Waals surface area contributed by atoms with E-state index in [1.165, 1.54) is 0 Å². The van der Waals surface area contributed by atoms with Crippen molar-refractivity contribution in [2.75, 3.05) is 18.5 Å². The first-order chi connectivity index (χ1) is 9.74. The van der Waals surface area contributed by atoms with Crippen LogP contribution in [0, 0.1) is 11.3 Å². The minimum Gasteiger partial charge on any atom is -0.373 e. The summed E-state index contributed by atoms with van der Waals surface area (Å²) in [4.78, 5) is 6.38. The maximum absolute atomic E-state index is 9.24. The number of benzene rings is 1. The van der Waals surface area contributed by atoms with Crippen LogP contribution in [0.3, 0.4) is 0 Å². The predicted octanol–water partition coefficient (Wildman–Crippen LogP) is 2.09. The minimum atomic E-state index is 0.451. The number of pyridine rings is 1. The van der Waals surface area contributed by atoms with Gasteiger partial charge in [-0.25, -0.2) is 0 Å².